The smallest absolute Gasteiger partial charge is 0.226 e. The minimum absolute atomic E-state index is 0.0296. The number of ether oxygens (including phenoxy) is 1. The van der Waals surface area contributed by atoms with Crippen LogP contribution >= 0.6 is 0 Å². The van der Waals surface area contributed by atoms with E-state index < -0.39 is 0 Å². The molecule has 2 N–H and O–H groups in total. The Morgan fingerprint density at radius 1 is 1.03 bits per heavy atom. The Kier molecular flexibility index (Phi) is 9.16. The highest BCUT2D eigenvalue weighted by Crippen LogP contribution is 2.23. The summed E-state index contributed by atoms with van der Waals surface area (Å²) in [5.74, 6) is 0.784. The summed E-state index contributed by atoms with van der Waals surface area (Å²) in [7, 11) is 0. The largest absolute Gasteiger partial charge is 0.493 e. The van der Waals surface area contributed by atoms with Gasteiger partial charge in [0.1, 0.15) is 5.75 Å². The number of anilines is 2. The van der Waals surface area contributed by atoms with Crippen molar-refractivity contribution >= 4 is 23.2 Å². The number of amides is 2. The van der Waals surface area contributed by atoms with Crippen LogP contribution in [0, 0.1) is 13.8 Å². The van der Waals surface area contributed by atoms with Crippen LogP contribution in [-0.4, -0.2) is 37.6 Å². The molecule has 2 amide bonds. The third-order valence-electron chi connectivity index (χ3n) is 5.90. The van der Waals surface area contributed by atoms with Gasteiger partial charge < -0.3 is 20.3 Å². The van der Waals surface area contributed by atoms with Crippen LogP contribution in [0.25, 0.3) is 0 Å². The molecule has 6 heteroatoms. The second kappa shape index (κ2) is 12.3. The number of benzene rings is 2. The average Bonchev–Trinajstić information content (AvgIpc) is 3.31. The van der Waals surface area contributed by atoms with Gasteiger partial charge in [0.25, 0.3) is 0 Å². The number of hydrogen-bond acceptors (Lipinski definition) is 4. The summed E-state index contributed by atoms with van der Waals surface area (Å²) in [4.78, 5) is 27.0. The van der Waals surface area contributed by atoms with Crippen molar-refractivity contribution in [3.05, 3.63) is 53.6 Å². The van der Waals surface area contributed by atoms with E-state index in [9.17, 15) is 9.59 Å². The van der Waals surface area contributed by atoms with Gasteiger partial charge in [-0.15, -0.1) is 0 Å². The van der Waals surface area contributed by atoms with Gasteiger partial charge in [0, 0.05) is 43.3 Å². The molecule has 0 spiro atoms. The number of nitrogens with one attached hydrogen (secondary N) is 2. The van der Waals surface area contributed by atoms with Crippen LogP contribution in [-0.2, 0) is 9.59 Å². The Bertz CT molecular complexity index is 938. The fraction of sp³-hybridized carbons (Fsp3) is 0.481. The van der Waals surface area contributed by atoms with E-state index in [0.29, 0.717) is 13.0 Å². The normalized spacial score (nSPS) is 14.1. The van der Waals surface area contributed by atoms with Gasteiger partial charge in [-0.05, 0) is 81.8 Å². The van der Waals surface area contributed by atoms with Crippen molar-refractivity contribution in [2.45, 2.75) is 65.3 Å². The van der Waals surface area contributed by atoms with Crippen molar-refractivity contribution in [3.8, 4) is 5.75 Å². The molecule has 1 atom stereocenters. The molecule has 178 valence electrons. The third kappa shape index (κ3) is 8.12. The molecule has 0 saturated carbocycles. The number of hydrogen-bond donors (Lipinski definition) is 2. The van der Waals surface area contributed by atoms with Gasteiger partial charge in [-0.1, -0.05) is 18.2 Å². The van der Waals surface area contributed by atoms with Gasteiger partial charge in [0.05, 0.1) is 6.61 Å². The highest BCUT2D eigenvalue weighted by Gasteiger charge is 2.15. The van der Waals surface area contributed by atoms with E-state index in [1.54, 1.807) is 0 Å². The molecule has 33 heavy (non-hydrogen) atoms. The number of carbonyl (C=O) groups excluding carboxylic acids is 2. The zero-order chi connectivity index (χ0) is 23.6. The van der Waals surface area contributed by atoms with Gasteiger partial charge in [-0.2, -0.15) is 0 Å². The van der Waals surface area contributed by atoms with Crippen LogP contribution in [0.4, 0.5) is 11.4 Å². The highest BCUT2D eigenvalue weighted by atomic mass is 16.5. The molecule has 0 aliphatic carbocycles. The van der Waals surface area contributed by atoms with Crippen molar-refractivity contribution < 1.29 is 14.3 Å². The van der Waals surface area contributed by atoms with E-state index in [2.05, 4.69) is 33.7 Å². The Hall–Kier alpha value is -3.02. The number of nitrogens with zero attached hydrogens (tertiary/aromatic N) is 1. The minimum atomic E-state index is -0.217. The lowest BCUT2D eigenvalue weighted by molar-refractivity contribution is -0.122. The van der Waals surface area contributed by atoms with Gasteiger partial charge in [-0.25, -0.2) is 0 Å². The number of unbranched alkanes of at least 4 members (excludes halogenated alkanes) is 1. The standard InChI is InChI=1S/C27H37N3O3/c1-20-12-13-21(2)25(17-20)33-16-7-4-11-26(31)28-22(3)18-27(32)29-23-9-8-10-24(19-23)30-14-5-6-15-30/h8-10,12-13,17,19,22H,4-7,11,14-16,18H2,1-3H3,(H,28,31)(H,29,32). The van der Waals surface area contributed by atoms with Crippen LogP contribution < -0.4 is 20.3 Å². The van der Waals surface area contributed by atoms with Gasteiger partial charge in [0.15, 0.2) is 0 Å². The molecule has 1 fully saturated rings. The lowest BCUT2D eigenvalue weighted by Crippen LogP contribution is -2.35. The first kappa shape index (κ1) is 24.6. The second-order valence-corrected chi connectivity index (χ2v) is 9.04. The molecule has 0 radical (unpaired) electrons. The maximum absolute atomic E-state index is 12.4. The van der Waals surface area contributed by atoms with Crippen molar-refractivity contribution in [1.29, 1.82) is 0 Å². The molecule has 1 heterocycles. The molecule has 1 unspecified atom stereocenters. The van der Waals surface area contributed by atoms with E-state index in [4.69, 9.17) is 4.74 Å². The lowest BCUT2D eigenvalue weighted by Gasteiger charge is -2.19. The van der Waals surface area contributed by atoms with Gasteiger partial charge >= 0.3 is 0 Å². The highest BCUT2D eigenvalue weighted by molar-refractivity contribution is 5.92. The van der Waals surface area contributed by atoms with Gasteiger partial charge in [0.2, 0.25) is 11.8 Å². The van der Waals surface area contributed by atoms with E-state index in [1.807, 2.05) is 45.0 Å². The van der Waals surface area contributed by atoms with Crippen LogP contribution in [0.5, 0.6) is 5.75 Å². The van der Waals surface area contributed by atoms with Crippen molar-refractivity contribution in [1.82, 2.24) is 5.32 Å². The van der Waals surface area contributed by atoms with Crippen LogP contribution in [0.1, 0.15) is 56.6 Å². The molecule has 3 rings (SSSR count). The topological polar surface area (TPSA) is 70.7 Å². The molecular weight excluding hydrogens is 414 g/mol. The monoisotopic (exact) mass is 451 g/mol. The molecule has 2 aromatic rings. The summed E-state index contributed by atoms with van der Waals surface area (Å²) in [6.07, 6.45) is 4.66. The van der Waals surface area contributed by atoms with Crippen molar-refractivity contribution in [2.75, 3.05) is 29.9 Å². The zero-order valence-electron chi connectivity index (χ0n) is 20.2. The quantitative estimate of drug-likeness (QED) is 0.473. The lowest BCUT2D eigenvalue weighted by atomic mass is 10.1. The summed E-state index contributed by atoms with van der Waals surface area (Å²) in [6, 6.07) is 13.9. The van der Waals surface area contributed by atoms with Crippen LogP contribution in [0.15, 0.2) is 42.5 Å². The van der Waals surface area contributed by atoms with E-state index in [1.165, 1.54) is 18.4 Å². The Labute approximate surface area is 197 Å². The first-order valence-electron chi connectivity index (χ1n) is 12.0. The summed E-state index contributed by atoms with van der Waals surface area (Å²) in [6.45, 7) is 8.66. The minimum Gasteiger partial charge on any atom is -0.493 e. The molecule has 2 aromatic carbocycles. The Balaban J connectivity index is 1.32. The molecule has 6 nitrogen and oxygen atoms in total. The average molecular weight is 452 g/mol. The van der Waals surface area contributed by atoms with Crippen molar-refractivity contribution in [3.63, 3.8) is 0 Å². The first-order chi connectivity index (χ1) is 15.9. The fourth-order valence-corrected chi connectivity index (χ4v) is 4.08. The summed E-state index contributed by atoms with van der Waals surface area (Å²) in [5, 5.41) is 5.89. The second-order valence-electron chi connectivity index (χ2n) is 9.04. The summed E-state index contributed by atoms with van der Waals surface area (Å²) >= 11 is 0. The predicted molar refractivity (Wildman–Crippen MR) is 134 cm³/mol. The molecular formula is C27H37N3O3. The Morgan fingerprint density at radius 2 is 1.82 bits per heavy atom. The zero-order valence-corrected chi connectivity index (χ0v) is 20.2. The van der Waals surface area contributed by atoms with E-state index >= 15 is 0 Å². The first-order valence-corrected chi connectivity index (χ1v) is 12.0. The Morgan fingerprint density at radius 3 is 2.61 bits per heavy atom. The van der Waals surface area contributed by atoms with E-state index in [0.717, 1.165) is 48.6 Å². The summed E-state index contributed by atoms with van der Waals surface area (Å²) in [5.41, 5.74) is 4.24. The maximum atomic E-state index is 12.4. The number of carbonyl (C=O) groups is 2. The number of aryl methyl sites for hydroxylation is 2. The molecule has 1 saturated heterocycles. The van der Waals surface area contributed by atoms with E-state index in [-0.39, 0.29) is 24.3 Å². The van der Waals surface area contributed by atoms with Crippen molar-refractivity contribution in [2.24, 2.45) is 0 Å². The van der Waals surface area contributed by atoms with Crippen LogP contribution in [0.3, 0.4) is 0 Å². The molecule has 0 aromatic heterocycles. The van der Waals surface area contributed by atoms with Crippen LogP contribution in [0.2, 0.25) is 0 Å². The fourth-order valence-electron chi connectivity index (χ4n) is 4.08. The predicted octanol–water partition coefficient (Wildman–Crippen LogP) is 4.99. The number of rotatable bonds is 11. The maximum Gasteiger partial charge on any atom is 0.226 e. The summed E-state index contributed by atoms with van der Waals surface area (Å²) < 4.78 is 5.84. The molecule has 1 aliphatic heterocycles. The molecule has 1 aliphatic rings. The molecule has 0 bridgehead atoms. The SMILES string of the molecule is Cc1ccc(C)c(OCCCCC(=O)NC(C)CC(=O)Nc2cccc(N3CCCC3)c2)c1. The third-order valence-corrected chi connectivity index (χ3v) is 5.90. The van der Waals surface area contributed by atoms with Gasteiger partial charge in [-0.3, -0.25) is 9.59 Å².